The molecule has 0 N–H and O–H groups in total. The van der Waals surface area contributed by atoms with Crippen LogP contribution in [0.4, 0.5) is 8.78 Å². The summed E-state index contributed by atoms with van der Waals surface area (Å²) in [6.07, 6.45) is 0. The highest BCUT2D eigenvalue weighted by Crippen LogP contribution is 2.35. The van der Waals surface area contributed by atoms with Crippen LogP contribution in [0.25, 0.3) is 0 Å². The Hall–Kier alpha value is -1.32. The predicted octanol–water partition coefficient (Wildman–Crippen LogP) is 5.06. The third kappa shape index (κ3) is 2.51. The quantitative estimate of drug-likeness (QED) is 0.744. The maximum atomic E-state index is 13.1. The molecule has 1 nitrogen and oxygen atoms in total. The van der Waals surface area contributed by atoms with Gasteiger partial charge in [0.15, 0.2) is 0 Å². The number of halogens is 4. The van der Waals surface area contributed by atoms with Gasteiger partial charge in [0, 0.05) is 0 Å². The zero-order chi connectivity index (χ0) is 12.4. The molecule has 0 heterocycles. The normalized spacial score (nSPS) is 10.4. The van der Waals surface area contributed by atoms with Crippen LogP contribution in [-0.2, 0) is 0 Å². The first-order valence-corrected chi connectivity index (χ1v) is 5.41. The Balaban J connectivity index is 2.38. The second kappa shape index (κ2) is 4.90. The lowest BCUT2D eigenvalue weighted by atomic mass is 10.3. The number of rotatable bonds is 2. The minimum Gasteiger partial charge on any atom is -0.454 e. The van der Waals surface area contributed by atoms with Crippen LogP contribution in [-0.4, -0.2) is 0 Å². The molecule has 0 spiro atoms. The molecule has 0 amide bonds. The van der Waals surface area contributed by atoms with E-state index in [4.69, 9.17) is 27.9 Å². The summed E-state index contributed by atoms with van der Waals surface area (Å²) in [7, 11) is 0. The van der Waals surface area contributed by atoms with Crippen molar-refractivity contribution in [1.82, 2.24) is 0 Å². The number of ether oxygens (including phenoxy) is 1. The van der Waals surface area contributed by atoms with Gasteiger partial charge in [-0.15, -0.1) is 0 Å². The molecule has 5 heteroatoms. The molecule has 2 aromatic rings. The molecule has 88 valence electrons. The summed E-state index contributed by atoms with van der Waals surface area (Å²) in [6.45, 7) is 0. The first kappa shape index (κ1) is 12.1. The Morgan fingerprint density at radius 2 is 1.18 bits per heavy atom. The fourth-order valence-electron chi connectivity index (χ4n) is 1.24. The first-order chi connectivity index (χ1) is 8.09. The van der Waals surface area contributed by atoms with Crippen molar-refractivity contribution in [2.24, 2.45) is 0 Å². The van der Waals surface area contributed by atoms with E-state index in [1.165, 1.54) is 36.4 Å². The van der Waals surface area contributed by atoms with Gasteiger partial charge >= 0.3 is 0 Å². The monoisotopic (exact) mass is 274 g/mol. The van der Waals surface area contributed by atoms with Gasteiger partial charge in [-0.25, -0.2) is 8.78 Å². The van der Waals surface area contributed by atoms with Gasteiger partial charge in [-0.05, 0) is 24.3 Å². The largest absolute Gasteiger partial charge is 0.454 e. The highest BCUT2D eigenvalue weighted by atomic mass is 35.5. The number of hydrogen-bond donors (Lipinski definition) is 0. The highest BCUT2D eigenvalue weighted by Gasteiger charge is 2.11. The average Bonchev–Trinajstić information content (AvgIpc) is 2.31. The maximum absolute atomic E-state index is 13.1. The minimum absolute atomic E-state index is 0.0826. The number of benzene rings is 2. The molecule has 0 saturated carbocycles. The van der Waals surface area contributed by atoms with Crippen molar-refractivity contribution in [2.75, 3.05) is 0 Å². The molecule has 0 saturated heterocycles. The van der Waals surface area contributed by atoms with E-state index in [-0.39, 0.29) is 21.5 Å². The summed E-state index contributed by atoms with van der Waals surface area (Å²) in [5, 5.41) is -0.347. The van der Waals surface area contributed by atoms with Gasteiger partial charge in [-0.2, -0.15) is 0 Å². The van der Waals surface area contributed by atoms with Gasteiger partial charge in [0.05, 0.1) is 0 Å². The molecule has 2 aromatic carbocycles. The van der Waals surface area contributed by atoms with Crippen LogP contribution >= 0.6 is 23.2 Å². The summed E-state index contributed by atoms with van der Waals surface area (Å²) in [5.41, 5.74) is 0. The van der Waals surface area contributed by atoms with Crippen LogP contribution in [0.3, 0.4) is 0 Å². The van der Waals surface area contributed by atoms with Crippen molar-refractivity contribution in [3.63, 3.8) is 0 Å². The molecule has 0 bridgehead atoms. The van der Waals surface area contributed by atoms with Crippen molar-refractivity contribution < 1.29 is 13.5 Å². The van der Waals surface area contributed by atoms with Gasteiger partial charge < -0.3 is 4.74 Å². The van der Waals surface area contributed by atoms with Crippen molar-refractivity contribution in [2.45, 2.75) is 0 Å². The lowest BCUT2D eigenvalue weighted by molar-refractivity contribution is 0.472. The van der Waals surface area contributed by atoms with Gasteiger partial charge in [0.25, 0.3) is 0 Å². The summed E-state index contributed by atoms with van der Waals surface area (Å²) in [6, 6.07) is 8.19. The Kier molecular flexibility index (Phi) is 3.50. The van der Waals surface area contributed by atoms with Gasteiger partial charge in [-0.1, -0.05) is 35.3 Å². The van der Waals surface area contributed by atoms with Gasteiger partial charge in [0.2, 0.25) is 0 Å². The van der Waals surface area contributed by atoms with E-state index in [9.17, 15) is 8.78 Å². The van der Waals surface area contributed by atoms with E-state index >= 15 is 0 Å². The van der Waals surface area contributed by atoms with E-state index in [0.717, 1.165) is 0 Å². The summed E-state index contributed by atoms with van der Waals surface area (Å²) in [5.74, 6) is -1.06. The highest BCUT2D eigenvalue weighted by molar-refractivity contribution is 6.33. The van der Waals surface area contributed by atoms with Crippen molar-refractivity contribution in [1.29, 1.82) is 0 Å². The minimum atomic E-state index is -0.614. The van der Waals surface area contributed by atoms with Gasteiger partial charge in [0.1, 0.15) is 33.2 Å². The molecule has 17 heavy (non-hydrogen) atoms. The van der Waals surface area contributed by atoms with Crippen LogP contribution in [0.1, 0.15) is 0 Å². The van der Waals surface area contributed by atoms with E-state index < -0.39 is 11.6 Å². The van der Waals surface area contributed by atoms with Crippen LogP contribution < -0.4 is 4.74 Å². The second-order valence-electron chi connectivity index (χ2n) is 3.21. The molecule has 0 aliphatic heterocycles. The topological polar surface area (TPSA) is 9.23 Å². The fraction of sp³-hybridized carbons (Fsp3) is 0. The molecular formula is C12H6Cl2F2O. The molecular weight excluding hydrogens is 269 g/mol. The summed E-state index contributed by atoms with van der Waals surface area (Å²) < 4.78 is 31.5. The lowest BCUT2D eigenvalue weighted by Crippen LogP contribution is -1.89. The van der Waals surface area contributed by atoms with E-state index in [2.05, 4.69) is 0 Å². The van der Waals surface area contributed by atoms with E-state index in [0.29, 0.717) is 0 Å². The third-order valence-electron chi connectivity index (χ3n) is 2.05. The average molecular weight is 275 g/mol. The van der Waals surface area contributed by atoms with Crippen molar-refractivity contribution >= 4 is 23.2 Å². The summed E-state index contributed by atoms with van der Waals surface area (Å²) in [4.78, 5) is 0. The maximum Gasteiger partial charge on any atom is 0.149 e. The Labute approximate surface area is 107 Å². The zero-order valence-electron chi connectivity index (χ0n) is 8.38. The standard InChI is InChI=1S/C12H6Cl2F2O/c13-11-7(15)3-1-5-9(11)17-10-6-2-4-8(16)12(10)14/h1-6H. The van der Waals surface area contributed by atoms with Crippen LogP contribution in [0.15, 0.2) is 36.4 Å². The first-order valence-electron chi connectivity index (χ1n) is 4.65. The zero-order valence-corrected chi connectivity index (χ0v) is 9.90. The smallest absolute Gasteiger partial charge is 0.149 e. The van der Waals surface area contributed by atoms with Crippen LogP contribution in [0.2, 0.25) is 10.0 Å². The van der Waals surface area contributed by atoms with E-state index in [1.54, 1.807) is 0 Å². The van der Waals surface area contributed by atoms with Crippen LogP contribution in [0, 0.1) is 11.6 Å². The van der Waals surface area contributed by atoms with E-state index in [1.807, 2.05) is 0 Å². The molecule has 0 radical (unpaired) electrons. The molecule has 0 aliphatic carbocycles. The Bertz CT molecular complexity index is 509. The van der Waals surface area contributed by atoms with Crippen molar-refractivity contribution in [3.8, 4) is 11.5 Å². The third-order valence-corrected chi connectivity index (χ3v) is 2.79. The molecule has 0 fully saturated rings. The Morgan fingerprint density at radius 1 is 0.765 bits per heavy atom. The summed E-state index contributed by atoms with van der Waals surface area (Å²) >= 11 is 11.4. The molecule has 0 aliphatic rings. The second-order valence-corrected chi connectivity index (χ2v) is 3.96. The van der Waals surface area contributed by atoms with Gasteiger partial charge in [-0.3, -0.25) is 0 Å². The lowest BCUT2D eigenvalue weighted by Gasteiger charge is -2.09. The molecule has 0 aromatic heterocycles. The number of hydrogen-bond acceptors (Lipinski definition) is 1. The van der Waals surface area contributed by atoms with Crippen LogP contribution in [0.5, 0.6) is 11.5 Å². The molecule has 0 unspecified atom stereocenters. The van der Waals surface area contributed by atoms with Crippen molar-refractivity contribution in [3.05, 3.63) is 58.1 Å². The molecule has 0 atom stereocenters. The molecule has 2 rings (SSSR count). The fourth-order valence-corrected chi connectivity index (χ4v) is 1.57. The Morgan fingerprint density at radius 3 is 1.59 bits per heavy atom. The SMILES string of the molecule is Fc1cccc(Oc2cccc(F)c2Cl)c1Cl. The predicted molar refractivity (Wildman–Crippen MR) is 62.9 cm³/mol.